The van der Waals surface area contributed by atoms with Gasteiger partial charge in [-0.05, 0) is 36.8 Å². The van der Waals surface area contributed by atoms with E-state index in [2.05, 4.69) is 6.92 Å². The molecule has 1 aromatic rings. The molecule has 19 heavy (non-hydrogen) atoms. The molecule has 1 aliphatic carbocycles. The number of rotatable bonds is 4. The van der Waals surface area contributed by atoms with E-state index in [0.717, 1.165) is 30.4 Å². The maximum atomic E-state index is 11.9. The fourth-order valence-corrected chi connectivity index (χ4v) is 4.70. The summed E-state index contributed by atoms with van der Waals surface area (Å²) in [5, 5.41) is 10.2. The minimum Gasteiger partial charge on any atom is -0.384 e. The summed E-state index contributed by atoms with van der Waals surface area (Å²) in [6.45, 7) is 2.11. The monoisotopic (exact) mass is 282 g/mol. The Kier molecular flexibility index (Phi) is 4.02. The SMILES string of the molecule is CCCc1cccc(C2(O)CCCC2S(C)(=O)=O)c1. The fraction of sp³-hybridized carbons (Fsp3) is 0.600. The molecule has 0 saturated heterocycles. The highest BCUT2D eigenvalue weighted by Crippen LogP contribution is 2.42. The standard InChI is InChI=1S/C15H22O3S/c1-3-6-12-7-4-8-13(11-12)15(16)10-5-9-14(15)19(2,17)18/h4,7-8,11,14,16H,3,5-6,9-10H2,1-2H3. The van der Waals surface area contributed by atoms with Crippen molar-refractivity contribution in [2.75, 3.05) is 6.26 Å². The molecule has 4 heteroatoms. The average molecular weight is 282 g/mol. The van der Waals surface area contributed by atoms with E-state index >= 15 is 0 Å². The second-order valence-electron chi connectivity index (χ2n) is 5.59. The highest BCUT2D eigenvalue weighted by molar-refractivity contribution is 7.91. The average Bonchev–Trinajstić information content (AvgIpc) is 2.73. The van der Waals surface area contributed by atoms with Crippen LogP contribution in [0.15, 0.2) is 24.3 Å². The van der Waals surface area contributed by atoms with Crippen molar-refractivity contribution in [1.29, 1.82) is 0 Å². The van der Waals surface area contributed by atoms with Gasteiger partial charge in [0.1, 0.15) is 5.60 Å². The van der Waals surface area contributed by atoms with Crippen molar-refractivity contribution in [2.24, 2.45) is 0 Å². The van der Waals surface area contributed by atoms with Gasteiger partial charge in [0, 0.05) is 6.26 Å². The lowest BCUT2D eigenvalue weighted by atomic mass is 9.90. The maximum Gasteiger partial charge on any atom is 0.153 e. The summed E-state index contributed by atoms with van der Waals surface area (Å²) >= 11 is 0. The van der Waals surface area contributed by atoms with Crippen molar-refractivity contribution in [3.05, 3.63) is 35.4 Å². The molecule has 1 aliphatic rings. The summed E-state index contributed by atoms with van der Waals surface area (Å²) in [5.41, 5.74) is 0.705. The van der Waals surface area contributed by atoms with Gasteiger partial charge in [-0.3, -0.25) is 0 Å². The molecule has 1 N–H and O–H groups in total. The van der Waals surface area contributed by atoms with Crippen LogP contribution in [0.5, 0.6) is 0 Å². The van der Waals surface area contributed by atoms with Crippen LogP contribution in [0, 0.1) is 0 Å². The summed E-state index contributed by atoms with van der Waals surface area (Å²) in [4.78, 5) is 0. The van der Waals surface area contributed by atoms with Crippen molar-refractivity contribution in [2.45, 2.75) is 49.9 Å². The van der Waals surface area contributed by atoms with Crippen LogP contribution in [-0.4, -0.2) is 25.0 Å². The molecule has 0 aromatic heterocycles. The van der Waals surface area contributed by atoms with Gasteiger partial charge in [-0.25, -0.2) is 8.42 Å². The van der Waals surface area contributed by atoms with Gasteiger partial charge in [0.25, 0.3) is 0 Å². The Morgan fingerprint density at radius 2 is 2.16 bits per heavy atom. The Labute approximate surface area is 115 Å². The maximum absolute atomic E-state index is 11.9. The Morgan fingerprint density at radius 3 is 2.79 bits per heavy atom. The van der Waals surface area contributed by atoms with Crippen LogP contribution in [-0.2, 0) is 21.9 Å². The number of aliphatic hydroxyl groups is 1. The molecule has 1 aromatic carbocycles. The molecule has 0 spiro atoms. The second kappa shape index (κ2) is 5.25. The molecule has 2 unspecified atom stereocenters. The lowest BCUT2D eigenvalue weighted by molar-refractivity contribution is 0.0476. The van der Waals surface area contributed by atoms with E-state index in [-0.39, 0.29) is 0 Å². The number of benzene rings is 1. The Hall–Kier alpha value is -0.870. The highest BCUT2D eigenvalue weighted by Gasteiger charge is 2.47. The van der Waals surface area contributed by atoms with Gasteiger partial charge < -0.3 is 5.11 Å². The van der Waals surface area contributed by atoms with Crippen LogP contribution >= 0.6 is 0 Å². The molecule has 2 atom stereocenters. The van der Waals surface area contributed by atoms with E-state index in [0.29, 0.717) is 12.8 Å². The molecule has 0 bridgehead atoms. The van der Waals surface area contributed by atoms with E-state index in [1.54, 1.807) is 0 Å². The summed E-state index contributed by atoms with van der Waals surface area (Å²) in [6.07, 6.45) is 5.05. The van der Waals surface area contributed by atoms with Crippen LogP contribution in [0.4, 0.5) is 0 Å². The quantitative estimate of drug-likeness (QED) is 0.922. The van der Waals surface area contributed by atoms with Gasteiger partial charge in [-0.2, -0.15) is 0 Å². The summed E-state index contributed by atoms with van der Waals surface area (Å²) in [5.74, 6) is 0. The van der Waals surface area contributed by atoms with E-state index < -0.39 is 20.7 Å². The van der Waals surface area contributed by atoms with Gasteiger partial charge in [0.2, 0.25) is 0 Å². The van der Waals surface area contributed by atoms with Crippen LogP contribution in [0.25, 0.3) is 0 Å². The summed E-state index contributed by atoms with van der Waals surface area (Å²) in [6, 6.07) is 7.76. The number of hydrogen-bond acceptors (Lipinski definition) is 3. The minimum atomic E-state index is -3.23. The molecule has 1 fully saturated rings. The van der Waals surface area contributed by atoms with Gasteiger partial charge in [-0.1, -0.05) is 37.6 Å². The zero-order chi connectivity index (χ0) is 14.1. The smallest absolute Gasteiger partial charge is 0.153 e. The van der Waals surface area contributed by atoms with Gasteiger partial charge in [0.05, 0.1) is 5.25 Å². The summed E-state index contributed by atoms with van der Waals surface area (Å²) < 4.78 is 23.7. The van der Waals surface area contributed by atoms with Crippen LogP contribution in [0.2, 0.25) is 0 Å². The van der Waals surface area contributed by atoms with Crippen molar-refractivity contribution < 1.29 is 13.5 Å². The Morgan fingerprint density at radius 1 is 1.42 bits per heavy atom. The topological polar surface area (TPSA) is 54.4 Å². The Balaban J connectivity index is 2.41. The molecule has 106 valence electrons. The van der Waals surface area contributed by atoms with E-state index in [9.17, 15) is 13.5 Å². The molecule has 0 aliphatic heterocycles. The second-order valence-corrected chi connectivity index (χ2v) is 7.81. The third kappa shape index (κ3) is 2.84. The lowest BCUT2D eigenvalue weighted by Gasteiger charge is -2.29. The molecule has 0 amide bonds. The zero-order valence-electron chi connectivity index (χ0n) is 11.6. The van der Waals surface area contributed by atoms with Crippen LogP contribution < -0.4 is 0 Å². The predicted molar refractivity (Wildman–Crippen MR) is 76.8 cm³/mol. The predicted octanol–water partition coefficient (Wildman–Crippen LogP) is 2.42. The zero-order valence-corrected chi connectivity index (χ0v) is 12.4. The van der Waals surface area contributed by atoms with Crippen molar-refractivity contribution in [3.63, 3.8) is 0 Å². The number of sulfone groups is 1. The third-order valence-electron chi connectivity index (χ3n) is 4.04. The van der Waals surface area contributed by atoms with Crippen molar-refractivity contribution in [1.82, 2.24) is 0 Å². The summed E-state index contributed by atoms with van der Waals surface area (Å²) in [7, 11) is -3.23. The van der Waals surface area contributed by atoms with E-state index in [1.807, 2.05) is 24.3 Å². The third-order valence-corrected chi connectivity index (χ3v) is 5.70. The van der Waals surface area contributed by atoms with Crippen molar-refractivity contribution >= 4 is 9.84 Å². The molecular weight excluding hydrogens is 260 g/mol. The first-order chi connectivity index (χ1) is 8.88. The largest absolute Gasteiger partial charge is 0.384 e. The van der Waals surface area contributed by atoms with Gasteiger partial charge in [-0.15, -0.1) is 0 Å². The first-order valence-corrected chi connectivity index (χ1v) is 8.84. The molecule has 3 nitrogen and oxygen atoms in total. The fourth-order valence-electron chi connectivity index (χ4n) is 3.14. The van der Waals surface area contributed by atoms with E-state index in [4.69, 9.17) is 0 Å². The first-order valence-electron chi connectivity index (χ1n) is 6.88. The molecular formula is C15H22O3S. The van der Waals surface area contributed by atoms with Gasteiger partial charge in [0.15, 0.2) is 9.84 Å². The Bertz CT molecular complexity index is 550. The molecule has 2 rings (SSSR count). The molecule has 0 radical (unpaired) electrons. The number of aryl methyl sites for hydroxylation is 1. The van der Waals surface area contributed by atoms with Crippen molar-refractivity contribution in [3.8, 4) is 0 Å². The lowest BCUT2D eigenvalue weighted by Crippen LogP contribution is -2.39. The normalized spacial score (nSPS) is 27.6. The minimum absolute atomic E-state index is 0.528. The number of hydrogen-bond donors (Lipinski definition) is 1. The highest BCUT2D eigenvalue weighted by atomic mass is 32.2. The first kappa shape index (κ1) is 14.5. The van der Waals surface area contributed by atoms with E-state index in [1.165, 1.54) is 6.26 Å². The van der Waals surface area contributed by atoms with Crippen LogP contribution in [0.3, 0.4) is 0 Å². The van der Waals surface area contributed by atoms with Crippen LogP contribution in [0.1, 0.15) is 43.7 Å². The molecule has 1 saturated carbocycles. The molecule has 0 heterocycles. The van der Waals surface area contributed by atoms with Gasteiger partial charge >= 0.3 is 0 Å².